The summed E-state index contributed by atoms with van der Waals surface area (Å²) >= 11 is 0. The number of anilines is 2. The van der Waals surface area contributed by atoms with Crippen LogP contribution in [0.4, 0.5) is 11.6 Å². The average molecular weight is 237 g/mol. The first-order valence-corrected chi connectivity index (χ1v) is 5.71. The number of nitrogens with two attached hydrogens (primary N) is 1. The fourth-order valence-corrected chi connectivity index (χ4v) is 2.23. The summed E-state index contributed by atoms with van der Waals surface area (Å²) in [5.74, 6) is 6.83. The normalized spacial score (nSPS) is 23.5. The van der Waals surface area contributed by atoms with Gasteiger partial charge in [0, 0.05) is 19.2 Å². The molecular weight excluding hydrogens is 218 g/mol. The minimum absolute atomic E-state index is 0.168. The minimum Gasteiger partial charge on any atom is -0.369 e. The van der Waals surface area contributed by atoms with E-state index < -0.39 is 0 Å². The summed E-state index contributed by atoms with van der Waals surface area (Å²) in [6.45, 7) is 7.86. The van der Waals surface area contributed by atoms with Crippen molar-refractivity contribution < 1.29 is 4.74 Å². The van der Waals surface area contributed by atoms with Crippen molar-refractivity contribution in [3.8, 4) is 0 Å². The van der Waals surface area contributed by atoms with E-state index in [1.165, 1.54) is 6.33 Å². The van der Waals surface area contributed by atoms with Gasteiger partial charge in [0.1, 0.15) is 18.0 Å². The third kappa shape index (κ3) is 2.83. The van der Waals surface area contributed by atoms with Gasteiger partial charge in [-0.2, -0.15) is 0 Å². The highest BCUT2D eigenvalue weighted by Gasteiger charge is 2.31. The van der Waals surface area contributed by atoms with Gasteiger partial charge < -0.3 is 15.1 Å². The van der Waals surface area contributed by atoms with E-state index in [-0.39, 0.29) is 11.7 Å². The zero-order valence-electron chi connectivity index (χ0n) is 10.5. The molecule has 6 heteroatoms. The molecule has 0 aliphatic carbocycles. The van der Waals surface area contributed by atoms with E-state index in [1.54, 1.807) is 0 Å². The molecule has 17 heavy (non-hydrogen) atoms. The standard InChI is InChI=1S/C11H19N5O/c1-8-5-16(6-11(2,3)17-8)10-4-9(15-12)13-7-14-10/h4,7-8H,5-6,12H2,1-3H3,(H,13,14,15). The molecule has 1 fully saturated rings. The maximum atomic E-state index is 5.86. The summed E-state index contributed by atoms with van der Waals surface area (Å²) in [7, 11) is 0. The lowest BCUT2D eigenvalue weighted by Crippen LogP contribution is -2.52. The molecule has 0 amide bonds. The van der Waals surface area contributed by atoms with Crippen molar-refractivity contribution in [3.63, 3.8) is 0 Å². The third-order valence-electron chi connectivity index (χ3n) is 2.69. The molecule has 0 spiro atoms. The number of ether oxygens (including phenoxy) is 1. The molecule has 1 aromatic heterocycles. The zero-order chi connectivity index (χ0) is 12.5. The lowest BCUT2D eigenvalue weighted by Gasteiger charge is -2.42. The van der Waals surface area contributed by atoms with Gasteiger partial charge in [-0.3, -0.25) is 0 Å². The zero-order valence-corrected chi connectivity index (χ0v) is 10.5. The van der Waals surface area contributed by atoms with Crippen molar-refractivity contribution in [1.29, 1.82) is 0 Å². The Morgan fingerprint density at radius 2 is 2.29 bits per heavy atom. The van der Waals surface area contributed by atoms with Crippen LogP contribution >= 0.6 is 0 Å². The maximum absolute atomic E-state index is 5.86. The number of nitrogen functional groups attached to an aromatic ring is 1. The van der Waals surface area contributed by atoms with Crippen LogP contribution < -0.4 is 16.2 Å². The van der Waals surface area contributed by atoms with Crippen molar-refractivity contribution in [3.05, 3.63) is 12.4 Å². The van der Waals surface area contributed by atoms with Gasteiger partial charge in [0.15, 0.2) is 0 Å². The summed E-state index contributed by atoms with van der Waals surface area (Å²) in [5.41, 5.74) is 2.36. The van der Waals surface area contributed by atoms with E-state index in [2.05, 4.69) is 41.1 Å². The first kappa shape index (κ1) is 12.1. The summed E-state index contributed by atoms with van der Waals surface area (Å²) in [5, 5.41) is 0. The highest BCUT2D eigenvalue weighted by Crippen LogP contribution is 2.25. The van der Waals surface area contributed by atoms with Gasteiger partial charge in [-0.1, -0.05) is 0 Å². The summed E-state index contributed by atoms with van der Waals surface area (Å²) < 4.78 is 5.86. The van der Waals surface area contributed by atoms with Crippen molar-refractivity contribution in [2.75, 3.05) is 23.4 Å². The Balaban J connectivity index is 2.20. The Kier molecular flexibility index (Phi) is 3.17. The van der Waals surface area contributed by atoms with Gasteiger partial charge in [0.2, 0.25) is 0 Å². The van der Waals surface area contributed by atoms with Crippen LogP contribution in [-0.4, -0.2) is 34.8 Å². The summed E-state index contributed by atoms with van der Waals surface area (Å²) in [4.78, 5) is 10.5. The Hall–Kier alpha value is -1.40. The van der Waals surface area contributed by atoms with Crippen LogP contribution in [0.1, 0.15) is 20.8 Å². The average Bonchev–Trinajstić information content (AvgIpc) is 2.26. The first-order valence-electron chi connectivity index (χ1n) is 5.71. The van der Waals surface area contributed by atoms with Crippen molar-refractivity contribution in [2.45, 2.75) is 32.5 Å². The number of aromatic nitrogens is 2. The third-order valence-corrected chi connectivity index (χ3v) is 2.69. The molecule has 2 rings (SSSR count). The van der Waals surface area contributed by atoms with Crippen LogP contribution in [0.15, 0.2) is 12.4 Å². The quantitative estimate of drug-likeness (QED) is 0.584. The number of morpholine rings is 1. The molecule has 1 atom stereocenters. The van der Waals surface area contributed by atoms with Crippen LogP contribution in [0.25, 0.3) is 0 Å². The van der Waals surface area contributed by atoms with Crippen molar-refractivity contribution in [2.24, 2.45) is 5.84 Å². The molecule has 6 nitrogen and oxygen atoms in total. The number of nitrogens with zero attached hydrogens (tertiary/aromatic N) is 3. The Labute approximate surface area is 101 Å². The van der Waals surface area contributed by atoms with Gasteiger partial charge in [-0.15, -0.1) is 0 Å². The maximum Gasteiger partial charge on any atom is 0.145 e. The molecule has 1 aromatic rings. The second kappa shape index (κ2) is 4.46. The van der Waals surface area contributed by atoms with Crippen LogP contribution in [0.5, 0.6) is 0 Å². The van der Waals surface area contributed by atoms with E-state index in [4.69, 9.17) is 10.6 Å². The highest BCUT2D eigenvalue weighted by molar-refractivity contribution is 5.48. The monoisotopic (exact) mass is 237 g/mol. The first-order chi connectivity index (χ1) is 8.00. The predicted octanol–water partition coefficient (Wildman–Crippen LogP) is 0.766. The number of hydrazine groups is 1. The summed E-state index contributed by atoms with van der Waals surface area (Å²) in [6.07, 6.45) is 1.69. The van der Waals surface area contributed by atoms with E-state index in [1.807, 2.05) is 6.07 Å². The van der Waals surface area contributed by atoms with Gasteiger partial charge in [-0.05, 0) is 20.8 Å². The molecule has 94 valence electrons. The van der Waals surface area contributed by atoms with Crippen LogP contribution in [0.3, 0.4) is 0 Å². The van der Waals surface area contributed by atoms with Gasteiger partial charge >= 0.3 is 0 Å². The fraction of sp³-hybridized carbons (Fsp3) is 0.636. The van der Waals surface area contributed by atoms with E-state index in [0.29, 0.717) is 5.82 Å². The number of hydrogen-bond donors (Lipinski definition) is 2. The Bertz CT molecular complexity index is 395. The molecule has 0 saturated carbocycles. The van der Waals surface area contributed by atoms with Gasteiger partial charge in [0.25, 0.3) is 0 Å². The SMILES string of the molecule is CC1CN(c2cc(NN)ncn2)CC(C)(C)O1. The Morgan fingerprint density at radius 3 is 2.94 bits per heavy atom. The predicted molar refractivity (Wildman–Crippen MR) is 66.7 cm³/mol. The fourth-order valence-electron chi connectivity index (χ4n) is 2.23. The molecular formula is C11H19N5O. The molecule has 1 aliphatic heterocycles. The van der Waals surface area contributed by atoms with E-state index >= 15 is 0 Å². The number of rotatable bonds is 2. The number of nitrogens with one attached hydrogen (secondary N) is 1. The molecule has 0 radical (unpaired) electrons. The topological polar surface area (TPSA) is 76.3 Å². The number of hydrogen-bond acceptors (Lipinski definition) is 6. The second-order valence-electron chi connectivity index (χ2n) is 4.97. The Morgan fingerprint density at radius 1 is 1.53 bits per heavy atom. The van der Waals surface area contributed by atoms with Crippen LogP contribution in [-0.2, 0) is 4.74 Å². The minimum atomic E-state index is -0.168. The van der Waals surface area contributed by atoms with Crippen molar-refractivity contribution >= 4 is 11.6 Å². The van der Waals surface area contributed by atoms with Gasteiger partial charge in [0.05, 0.1) is 11.7 Å². The van der Waals surface area contributed by atoms with Gasteiger partial charge in [-0.25, -0.2) is 15.8 Å². The smallest absolute Gasteiger partial charge is 0.145 e. The molecule has 0 bridgehead atoms. The molecule has 0 aromatic carbocycles. The molecule has 1 unspecified atom stereocenters. The second-order valence-corrected chi connectivity index (χ2v) is 4.97. The molecule has 1 saturated heterocycles. The van der Waals surface area contributed by atoms with Crippen molar-refractivity contribution in [1.82, 2.24) is 9.97 Å². The lowest BCUT2D eigenvalue weighted by atomic mass is 10.1. The molecule has 3 N–H and O–H groups in total. The summed E-state index contributed by atoms with van der Waals surface area (Å²) in [6, 6.07) is 1.84. The molecule has 1 aliphatic rings. The van der Waals surface area contributed by atoms with E-state index in [0.717, 1.165) is 18.9 Å². The molecule has 2 heterocycles. The largest absolute Gasteiger partial charge is 0.369 e. The van der Waals surface area contributed by atoms with Crippen LogP contribution in [0, 0.1) is 0 Å². The van der Waals surface area contributed by atoms with Crippen LogP contribution in [0.2, 0.25) is 0 Å². The van der Waals surface area contributed by atoms with E-state index in [9.17, 15) is 0 Å². The highest BCUT2D eigenvalue weighted by atomic mass is 16.5. The lowest BCUT2D eigenvalue weighted by molar-refractivity contribution is -0.0751.